The number of anilines is 3. The maximum absolute atomic E-state index is 8.04. The van der Waals surface area contributed by atoms with Crippen LogP contribution >= 0.6 is 0 Å². The molecule has 0 amide bonds. The number of hydrogen-bond donors (Lipinski definition) is 0. The highest BCUT2D eigenvalue weighted by atomic mass is 28.3. The number of aromatic nitrogens is 2. The molecule has 1 aliphatic heterocycles. The van der Waals surface area contributed by atoms with E-state index in [-0.39, 0.29) is 0 Å². The third kappa shape index (κ3) is 4.83. The van der Waals surface area contributed by atoms with Crippen molar-refractivity contribution in [2.45, 2.75) is 32.9 Å². The maximum Gasteiger partial charge on any atom is 0.138 e. The van der Waals surface area contributed by atoms with Gasteiger partial charge in [-0.3, -0.25) is 4.57 Å². The Morgan fingerprint density at radius 3 is 2.30 bits per heavy atom. The number of para-hydroxylation sites is 3. The summed E-state index contributed by atoms with van der Waals surface area (Å²) in [5.74, 6) is 1.28. The van der Waals surface area contributed by atoms with Crippen molar-refractivity contribution in [3.63, 3.8) is 0 Å². The Hall–Kier alpha value is -5.17. The Morgan fingerprint density at radius 1 is 0.702 bits per heavy atom. The molecule has 0 spiro atoms. The Labute approximate surface area is 281 Å². The van der Waals surface area contributed by atoms with Crippen LogP contribution in [0.15, 0.2) is 134 Å². The van der Waals surface area contributed by atoms with Gasteiger partial charge in [0.25, 0.3) is 0 Å². The van der Waals surface area contributed by atoms with Gasteiger partial charge < -0.3 is 0 Å². The van der Waals surface area contributed by atoms with Gasteiger partial charge in [0.2, 0.25) is 0 Å². The van der Waals surface area contributed by atoms with Gasteiger partial charge in [-0.05, 0) is 71.1 Å². The molecule has 0 unspecified atom stereocenters. The monoisotopic (exact) mass is 633 g/mol. The predicted molar refractivity (Wildman–Crippen MR) is 199 cm³/mol. The summed E-state index contributed by atoms with van der Waals surface area (Å²) in [6, 6.07) is 44.1. The zero-order chi connectivity index (χ0) is 34.8. The van der Waals surface area contributed by atoms with Crippen LogP contribution in [0, 0.1) is 0 Å². The smallest absolute Gasteiger partial charge is 0.138 e. The van der Waals surface area contributed by atoms with Crippen molar-refractivity contribution in [3.05, 3.63) is 139 Å². The minimum Gasteiger partial charge on any atom is -0.294 e. The fraction of sp³-hybridized carbons (Fsp3) is 0.146. The average molecular weight is 634 g/mol. The molecule has 3 heterocycles. The van der Waals surface area contributed by atoms with Crippen LogP contribution in [0.3, 0.4) is 0 Å². The Kier molecular flexibility index (Phi) is 6.22. The van der Waals surface area contributed by atoms with Crippen molar-refractivity contribution >= 4 is 57.3 Å². The molecule has 0 saturated carbocycles. The molecule has 5 nitrogen and oxygen atoms in total. The fourth-order valence-corrected chi connectivity index (χ4v) is 9.28. The van der Waals surface area contributed by atoms with Gasteiger partial charge in [-0.25, -0.2) is 10.0 Å². The normalized spacial score (nSPS) is 14.4. The minimum absolute atomic E-state index is 0.400. The van der Waals surface area contributed by atoms with E-state index < -0.39 is 15.0 Å². The van der Waals surface area contributed by atoms with Crippen LogP contribution < -0.4 is 20.5 Å². The van der Waals surface area contributed by atoms with Crippen molar-refractivity contribution < 1.29 is 9.05 Å². The standard InChI is InChI=1S/C41H38N4OSi/c1-28(2)33-15-6-7-16-34(33)29-23-24-42-41(25-29)44-37-18-9-8-17-35(37)36-22-21-32(27-40(36)44)47(4,5)31-14-12-13-30(26-31)45-39-20-11-10-19-38(39)43(3)46-45/h6-28H,1-5H3/i3D3. The second-order valence-corrected chi connectivity index (χ2v) is 17.5. The molecular formula is C41H38N4OSi. The van der Waals surface area contributed by atoms with Crippen LogP contribution in [-0.4, -0.2) is 24.6 Å². The van der Waals surface area contributed by atoms with Gasteiger partial charge in [-0.15, -0.1) is 4.94 Å². The lowest BCUT2D eigenvalue weighted by molar-refractivity contribution is 0.142. The first kappa shape index (κ1) is 26.0. The number of pyridine rings is 1. The van der Waals surface area contributed by atoms with E-state index in [9.17, 15) is 0 Å². The van der Waals surface area contributed by atoms with Gasteiger partial charge in [-0.2, -0.15) is 5.06 Å². The molecule has 6 heteroatoms. The molecule has 0 saturated heterocycles. The molecule has 0 N–H and O–H groups in total. The van der Waals surface area contributed by atoms with E-state index in [0.717, 1.165) is 33.2 Å². The Bertz CT molecular complexity index is 2400. The molecule has 2 aromatic heterocycles. The molecule has 0 radical (unpaired) electrons. The zero-order valence-corrected chi connectivity index (χ0v) is 28.0. The van der Waals surface area contributed by atoms with Crippen molar-refractivity contribution in [2.75, 3.05) is 17.1 Å². The van der Waals surface area contributed by atoms with Crippen LogP contribution in [0.1, 0.15) is 29.4 Å². The quantitative estimate of drug-likeness (QED) is 0.171. The summed E-state index contributed by atoms with van der Waals surface area (Å²) in [4.78, 5) is 10.9. The number of benzene rings is 5. The van der Waals surface area contributed by atoms with Crippen molar-refractivity contribution in [1.82, 2.24) is 9.55 Å². The van der Waals surface area contributed by atoms with Crippen molar-refractivity contribution in [1.29, 1.82) is 0 Å². The molecule has 232 valence electrons. The molecule has 0 aliphatic carbocycles. The SMILES string of the molecule is [2H]C([2H])([2H])N1ON(c2cccc([Si](C)(C)c3ccc4c5ccccc5n(-c5cc(-c6ccccc6C(C)C)ccn5)c4c3)c2)c2ccccc21. The second-order valence-electron chi connectivity index (χ2n) is 13.1. The number of nitrogens with zero attached hydrogens (tertiary/aromatic N) is 4. The summed E-state index contributed by atoms with van der Waals surface area (Å²) in [5.41, 5.74) is 7.91. The van der Waals surface area contributed by atoms with Crippen molar-refractivity contribution in [2.24, 2.45) is 0 Å². The molecule has 0 bridgehead atoms. The number of fused-ring (bicyclic) bond motifs is 4. The molecule has 47 heavy (non-hydrogen) atoms. The summed E-state index contributed by atoms with van der Waals surface area (Å²) in [5, 5.41) is 7.48. The summed E-state index contributed by atoms with van der Waals surface area (Å²) in [6.45, 7) is 6.74. The third-order valence-corrected chi connectivity index (χ3v) is 13.1. The number of hydroxylamine groups is 1. The summed E-state index contributed by atoms with van der Waals surface area (Å²) < 4.78 is 26.4. The predicted octanol–water partition coefficient (Wildman–Crippen LogP) is 9.23. The van der Waals surface area contributed by atoms with Crippen LogP contribution in [0.2, 0.25) is 13.1 Å². The van der Waals surface area contributed by atoms with Gasteiger partial charge in [0, 0.05) is 28.1 Å². The summed E-state index contributed by atoms with van der Waals surface area (Å²) in [7, 11) is -2.30. The van der Waals surface area contributed by atoms with E-state index in [0.29, 0.717) is 17.3 Å². The zero-order valence-electron chi connectivity index (χ0n) is 30.0. The molecule has 1 aliphatic rings. The van der Waals surface area contributed by atoms with E-state index in [1.165, 1.54) is 32.3 Å². The molecule has 8 rings (SSSR count). The highest BCUT2D eigenvalue weighted by Gasteiger charge is 2.31. The van der Waals surface area contributed by atoms with Gasteiger partial charge in [0.05, 0.1) is 28.1 Å². The van der Waals surface area contributed by atoms with Crippen LogP contribution in [0.25, 0.3) is 38.8 Å². The summed E-state index contributed by atoms with van der Waals surface area (Å²) in [6.07, 6.45) is 1.92. The van der Waals surface area contributed by atoms with Crippen LogP contribution in [0.4, 0.5) is 17.1 Å². The minimum atomic E-state index is -2.45. The van der Waals surface area contributed by atoms with E-state index in [4.69, 9.17) is 14.0 Å². The lowest BCUT2D eigenvalue weighted by atomic mass is 9.93. The van der Waals surface area contributed by atoms with Gasteiger partial charge >= 0.3 is 0 Å². The van der Waals surface area contributed by atoms with Gasteiger partial charge in [-0.1, -0.05) is 116 Å². The van der Waals surface area contributed by atoms with Crippen LogP contribution in [0.5, 0.6) is 0 Å². The van der Waals surface area contributed by atoms with E-state index in [1.54, 1.807) is 11.1 Å². The fourth-order valence-electron chi connectivity index (χ4n) is 6.93. The van der Waals surface area contributed by atoms with Crippen LogP contribution in [-0.2, 0) is 4.94 Å². The van der Waals surface area contributed by atoms with Crippen molar-refractivity contribution in [3.8, 4) is 16.9 Å². The maximum atomic E-state index is 8.04. The Balaban J connectivity index is 1.23. The van der Waals surface area contributed by atoms with E-state index in [2.05, 4.69) is 123 Å². The first-order valence-electron chi connectivity index (χ1n) is 17.6. The number of rotatable bonds is 6. The highest BCUT2D eigenvalue weighted by Crippen LogP contribution is 2.40. The first-order chi connectivity index (χ1) is 24.0. The van der Waals surface area contributed by atoms with Gasteiger partial charge in [0.15, 0.2) is 0 Å². The molecular weight excluding hydrogens is 593 g/mol. The van der Waals surface area contributed by atoms with E-state index >= 15 is 0 Å². The lowest BCUT2D eigenvalue weighted by Gasteiger charge is -2.26. The van der Waals surface area contributed by atoms with E-state index in [1.807, 2.05) is 36.5 Å². The summed E-state index contributed by atoms with van der Waals surface area (Å²) >= 11 is 0. The third-order valence-electron chi connectivity index (χ3n) is 9.55. The molecule has 0 fully saturated rings. The molecule has 5 aromatic carbocycles. The van der Waals surface area contributed by atoms with Gasteiger partial charge in [0.1, 0.15) is 13.9 Å². The number of hydrogen-bond acceptors (Lipinski definition) is 4. The molecule has 7 aromatic rings. The highest BCUT2D eigenvalue weighted by molar-refractivity contribution is 7.00. The average Bonchev–Trinajstić information content (AvgIpc) is 3.68. The topological polar surface area (TPSA) is 33.5 Å². The Morgan fingerprint density at radius 2 is 1.45 bits per heavy atom. The molecule has 0 atom stereocenters. The second kappa shape index (κ2) is 11.3. The first-order valence-corrected chi connectivity index (χ1v) is 19.1. The largest absolute Gasteiger partial charge is 0.294 e. The lowest BCUT2D eigenvalue weighted by Crippen LogP contribution is -2.52.